The smallest absolute Gasteiger partial charge is 0.416 e. The van der Waals surface area contributed by atoms with E-state index in [9.17, 15) is 23.1 Å². The minimum absolute atomic E-state index is 0.0485. The monoisotopic (exact) mass is 477 g/mol. The fourth-order valence-corrected chi connectivity index (χ4v) is 4.98. The van der Waals surface area contributed by atoms with Crippen LogP contribution in [0.15, 0.2) is 24.3 Å². The molecule has 0 unspecified atom stereocenters. The molecule has 2 aliphatic carbocycles. The number of hydrogen-bond donors (Lipinski definition) is 2. The molecular weight excluding hydrogens is 447 g/mol. The Balaban J connectivity index is 1.46. The first-order valence-corrected chi connectivity index (χ1v) is 11.7. The van der Waals surface area contributed by atoms with Gasteiger partial charge in [-0.2, -0.15) is 18.2 Å². The van der Waals surface area contributed by atoms with E-state index in [-0.39, 0.29) is 17.8 Å². The Morgan fingerprint density at radius 1 is 1.09 bits per heavy atom. The molecule has 1 aromatic heterocycles. The highest BCUT2D eigenvalue weighted by molar-refractivity contribution is 5.87. The van der Waals surface area contributed by atoms with Crippen molar-refractivity contribution < 1.29 is 23.1 Å². The molecule has 1 saturated carbocycles. The summed E-state index contributed by atoms with van der Waals surface area (Å²) in [6.07, 6.45) is 0.807. The lowest BCUT2D eigenvalue weighted by Crippen LogP contribution is -2.43. The van der Waals surface area contributed by atoms with E-state index in [4.69, 9.17) is 9.97 Å². The van der Waals surface area contributed by atoms with Crippen LogP contribution in [0.1, 0.15) is 55.3 Å². The van der Waals surface area contributed by atoms with Crippen LogP contribution < -0.4 is 15.1 Å². The number of hydrogen-bond acceptors (Lipinski definition) is 5. The number of halogens is 3. The highest BCUT2D eigenvalue weighted by Crippen LogP contribution is 2.35. The van der Waals surface area contributed by atoms with Gasteiger partial charge in [-0.05, 0) is 69.6 Å². The summed E-state index contributed by atoms with van der Waals surface area (Å²) < 4.78 is 39.4. The molecule has 1 amide bonds. The molecule has 2 N–H and O–H groups in total. The lowest BCUT2D eigenvalue weighted by Gasteiger charge is -2.36. The van der Waals surface area contributed by atoms with Gasteiger partial charge in [-0.3, -0.25) is 4.90 Å². The van der Waals surface area contributed by atoms with E-state index in [1.807, 2.05) is 19.0 Å². The Kier molecular flexibility index (Phi) is 6.86. The van der Waals surface area contributed by atoms with Gasteiger partial charge in [0.25, 0.3) is 0 Å². The minimum atomic E-state index is -4.53. The van der Waals surface area contributed by atoms with Crippen molar-refractivity contribution in [3.63, 3.8) is 0 Å². The van der Waals surface area contributed by atoms with E-state index in [2.05, 4.69) is 5.32 Å². The first kappa shape index (κ1) is 24.1. The zero-order valence-corrected chi connectivity index (χ0v) is 19.4. The van der Waals surface area contributed by atoms with E-state index in [1.165, 1.54) is 17.7 Å². The minimum Gasteiger partial charge on any atom is -0.465 e. The van der Waals surface area contributed by atoms with E-state index in [0.717, 1.165) is 54.2 Å². The summed E-state index contributed by atoms with van der Waals surface area (Å²) in [5.74, 6) is 1.52. The van der Waals surface area contributed by atoms with Gasteiger partial charge in [0.05, 0.1) is 11.3 Å². The molecule has 7 nitrogen and oxygen atoms in total. The van der Waals surface area contributed by atoms with Crippen molar-refractivity contribution in [3.8, 4) is 0 Å². The molecule has 4 rings (SSSR count). The van der Waals surface area contributed by atoms with Crippen LogP contribution in [-0.2, 0) is 19.0 Å². The first-order valence-electron chi connectivity index (χ1n) is 11.7. The van der Waals surface area contributed by atoms with Crippen molar-refractivity contribution in [2.45, 2.75) is 69.6 Å². The maximum atomic E-state index is 13.1. The molecule has 10 heteroatoms. The summed E-state index contributed by atoms with van der Waals surface area (Å²) in [5, 5.41) is 13.2. The fraction of sp³-hybridized carbons (Fsp3) is 0.542. The number of carbonyl (C=O) groups is 1. The van der Waals surface area contributed by atoms with Crippen molar-refractivity contribution in [2.24, 2.45) is 0 Å². The number of nitrogens with one attached hydrogen (secondary N) is 1. The summed E-state index contributed by atoms with van der Waals surface area (Å²) in [5.41, 5.74) is 1.49. The molecule has 0 bridgehead atoms. The molecular formula is C24H30F3N5O2. The number of fused-ring (bicyclic) bond motifs is 1. The number of aryl methyl sites for hydroxylation is 1. The Morgan fingerprint density at radius 3 is 2.44 bits per heavy atom. The lowest BCUT2D eigenvalue weighted by molar-refractivity contribution is -0.137. The molecule has 2 aliphatic rings. The molecule has 0 saturated heterocycles. The van der Waals surface area contributed by atoms with Crippen LogP contribution in [0.3, 0.4) is 0 Å². The number of nitrogens with zero attached hydrogens (tertiary/aromatic N) is 4. The third-order valence-electron chi connectivity index (χ3n) is 6.64. The zero-order valence-electron chi connectivity index (χ0n) is 19.4. The quantitative estimate of drug-likeness (QED) is 0.604. The summed E-state index contributed by atoms with van der Waals surface area (Å²) in [7, 11) is 3.95. The van der Waals surface area contributed by atoms with E-state index in [1.54, 1.807) is 0 Å². The number of benzene rings is 1. The fourth-order valence-electron chi connectivity index (χ4n) is 4.98. The normalized spacial score (nSPS) is 20.4. The predicted octanol–water partition coefficient (Wildman–Crippen LogP) is 5.35. The van der Waals surface area contributed by atoms with Crippen molar-refractivity contribution in [1.29, 1.82) is 0 Å². The average molecular weight is 478 g/mol. The number of rotatable bonds is 5. The third-order valence-corrected chi connectivity index (χ3v) is 6.64. The molecule has 0 aliphatic heterocycles. The van der Waals surface area contributed by atoms with Gasteiger partial charge in [0.2, 0.25) is 5.95 Å². The van der Waals surface area contributed by atoms with Crippen LogP contribution in [0, 0.1) is 0 Å². The van der Waals surface area contributed by atoms with E-state index >= 15 is 0 Å². The number of aromatic nitrogens is 2. The van der Waals surface area contributed by atoms with Crippen LogP contribution in [-0.4, -0.2) is 47.3 Å². The van der Waals surface area contributed by atoms with Crippen LogP contribution in [0.2, 0.25) is 0 Å². The molecule has 34 heavy (non-hydrogen) atoms. The second-order valence-corrected chi connectivity index (χ2v) is 9.25. The van der Waals surface area contributed by atoms with Crippen molar-refractivity contribution in [1.82, 2.24) is 9.97 Å². The molecule has 1 aromatic carbocycles. The van der Waals surface area contributed by atoms with Gasteiger partial charge in [-0.15, -0.1) is 0 Å². The third kappa shape index (κ3) is 5.20. The highest BCUT2D eigenvalue weighted by Gasteiger charge is 2.34. The topological polar surface area (TPSA) is 81.6 Å². The molecule has 1 heterocycles. The van der Waals surface area contributed by atoms with Gasteiger partial charge in [0.1, 0.15) is 5.82 Å². The van der Waals surface area contributed by atoms with Gasteiger partial charge in [-0.25, -0.2) is 9.78 Å². The van der Waals surface area contributed by atoms with Crippen LogP contribution in [0.5, 0.6) is 0 Å². The predicted molar refractivity (Wildman–Crippen MR) is 125 cm³/mol. The molecule has 0 atom stereocenters. The molecule has 0 radical (unpaired) electrons. The van der Waals surface area contributed by atoms with Gasteiger partial charge < -0.3 is 15.3 Å². The Labute approximate surface area is 197 Å². The Morgan fingerprint density at radius 2 is 1.79 bits per heavy atom. The molecule has 184 valence electrons. The van der Waals surface area contributed by atoms with Gasteiger partial charge in [-0.1, -0.05) is 6.07 Å². The average Bonchev–Trinajstić information content (AvgIpc) is 2.79. The Hall–Kier alpha value is -3.04. The Bertz CT molecular complexity index is 1040. The second kappa shape index (κ2) is 9.68. The maximum absolute atomic E-state index is 13.1. The summed E-state index contributed by atoms with van der Waals surface area (Å²) in [6, 6.07) is 4.20. The highest BCUT2D eigenvalue weighted by atomic mass is 19.4. The van der Waals surface area contributed by atoms with Crippen LogP contribution >= 0.6 is 0 Å². The first-order chi connectivity index (χ1) is 16.1. The summed E-state index contributed by atoms with van der Waals surface area (Å²) in [6.45, 7) is 0. The maximum Gasteiger partial charge on any atom is 0.416 e. The van der Waals surface area contributed by atoms with Crippen LogP contribution in [0.25, 0.3) is 0 Å². The summed E-state index contributed by atoms with van der Waals surface area (Å²) >= 11 is 0. The molecule has 1 fully saturated rings. The largest absolute Gasteiger partial charge is 0.465 e. The van der Waals surface area contributed by atoms with Crippen molar-refractivity contribution in [2.75, 3.05) is 29.2 Å². The standard InChI is InChI=1S/C24H30F3N5O2/c1-31(2)21-19-8-3-4-9-20(19)29-22(30-21)28-16-10-12-17(13-11-16)32(23(33)34)18-7-5-6-15(14-18)24(25,26)27/h5-7,14,16-17H,3-4,8-13H2,1-2H3,(H,33,34)(H,28,29,30). The molecule has 0 spiro atoms. The van der Waals surface area contributed by atoms with Gasteiger partial charge in [0, 0.05) is 37.4 Å². The van der Waals surface area contributed by atoms with Crippen molar-refractivity contribution >= 4 is 23.5 Å². The lowest BCUT2D eigenvalue weighted by atomic mass is 9.90. The molecule has 2 aromatic rings. The number of alkyl halides is 3. The van der Waals surface area contributed by atoms with E-state index < -0.39 is 17.8 Å². The van der Waals surface area contributed by atoms with Crippen molar-refractivity contribution in [3.05, 3.63) is 41.1 Å². The van der Waals surface area contributed by atoms with E-state index in [0.29, 0.717) is 31.6 Å². The van der Waals surface area contributed by atoms with Gasteiger partial charge in [0.15, 0.2) is 0 Å². The zero-order chi connectivity index (χ0) is 24.5. The number of anilines is 3. The number of amides is 1. The number of carboxylic acid groups (broad SMARTS) is 1. The SMILES string of the molecule is CN(C)c1nc(NC2CCC(N(C(=O)O)c3cccc(C(F)(F)F)c3)CC2)nc2c1CCCC2. The van der Waals surface area contributed by atoms with Gasteiger partial charge >= 0.3 is 12.3 Å². The van der Waals surface area contributed by atoms with Crippen LogP contribution in [0.4, 0.5) is 35.4 Å². The second-order valence-electron chi connectivity index (χ2n) is 9.25. The summed E-state index contributed by atoms with van der Waals surface area (Å²) in [4.78, 5) is 24.5.